The monoisotopic (exact) mass is 463 g/mol. The highest BCUT2D eigenvalue weighted by molar-refractivity contribution is 7.95. The molecular formula is C23H23Cl2NO3S. The average molecular weight is 464 g/mol. The lowest BCUT2D eigenvalue weighted by molar-refractivity contribution is 0.306. The molecule has 0 unspecified atom stereocenters. The molecule has 1 N–H and O–H groups in total. The molecule has 0 spiro atoms. The molecule has 0 bridgehead atoms. The minimum absolute atomic E-state index is 0.325. The molecule has 0 atom stereocenters. The van der Waals surface area contributed by atoms with Crippen molar-refractivity contribution in [2.45, 2.75) is 20.5 Å². The maximum Gasteiger partial charge on any atom is 0.255 e. The van der Waals surface area contributed by atoms with Gasteiger partial charge < -0.3 is 4.74 Å². The number of anilines is 1. The Morgan fingerprint density at radius 1 is 0.900 bits per heavy atom. The van der Waals surface area contributed by atoms with Crippen molar-refractivity contribution >= 4 is 45.0 Å². The van der Waals surface area contributed by atoms with E-state index in [-0.39, 0.29) is 0 Å². The highest BCUT2D eigenvalue weighted by atomic mass is 35.5. The SMILES string of the molecule is CC.O=S(=O)(/C=C/c1cccc(Cl)c1)Nc1cccc(OCc2cccc(Cl)c2)c1. The van der Waals surface area contributed by atoms with Gasteiger partial charge in [0, 0.05) is 16.1 Å². The van der Waals surface area contributed by atoms with Crippen molar-refractivity contribution in [2.24, 2.45) is 0 Å². The molecule has 158 valence electrons. The number of hydrogen-bond donors (Lipinski definition) is 1. The molecule has 0 aliphatic heterocycles. The molecule has 0 aliphatic rings. The fourth-order valence-electron chi connectivity index (χ4n) is 2.42. The van der Waals surface area contributed by atoms with E-state index in [1.807, 2.05) is 32.0 Å². The van der Waals surface area contributed by atoms with Crippen molar-refractivity contribution in [3.8, 4) is 5.75 Å². The van der Waals surface area contributed by atoms with Crippen LogP contribution in [-0.4, -0.2) is 8.42 Å². The summed E-state index contributed by atoms with van der Waals surface area (Å²) in [5, 5.41) is 2.27. The Hall–Kier alpha value is -2.47. The molecule has 0 saturated carbocycles. The van der Waals surface area contributed by atoms with Crippen LogP contribution in [0.3, 0.4) is 0 Å². The second-order valence-corrected chi connectivity index (χ2v) is 8.39. The van der Waals surface area contributed by atoms with E-state index >= 15 is 0 Å². The highest BCUT2D eigenvalue weighted by Gasteiger charge is 2.07. The second-order valence-electron chi connectivity index (χ2n) is 5.95. The fraction of sp³-hybridized carbons (Fsp3) is 0.130. The van der Waals surface area contributed by atoms with Crippen molar-refractivity contribution in [3.63, 3.8) is 0 Å². The Balaban J connectivity index is 0.00000155. The standard InChI is InChI=1S/C21H17Cl2NO3S.C2H6/c22-18-6-1-4-16(12-18)10-11-28(25,26)24-20-8-3-9-21(14-20)27-15-17-5-2-7-19(23)13-17;1-2/h1-14,24H,15H2;1-2H3/b11-10+;. The van der Waals surface area contributed by atoms with Gasteiger partial charge in [-0.25, -0.2) is 8.42 Å². The highest BCUT2D eigenvalue weighted by Crippen LogP contribution is 2.21. The number of hydrogen-bond acceptors (Lipinski definition) is 3. The van der Waals surface area contributed by atoms with Crippen LogP contribution in [0.15, 0.2) is 78.2 Å². The molecular weight excluding hydrogens is 441 g/mol. The molecule has 0 aliphatic carbocycles. The van der Waals surface area contributed by atoms with E-state index in [4.69, 9.17) is 27.9 Å². The second kappa shape index (κ2) is 11.6. The van der Waals surface area contributed by atoms with Crippen LogP contribution in [0.25, 0.3) is 6.08 Å². The third-order valence-corrected chi connectivity index (χ3v) is 5.16. The first kappa shape index (κ1) is 23.8. The van der Waals surface area contributed by atoms with E-state index in [0.29, 0.717) is 33.7 Å². The Morgan fingerprint density at radius 3 is 2.27 bits per heavy atom. The third-order valence-electron chi connectivity index (χ3n) is 3.68. The summed E-state index contributed by atoms with van der Waals surface area (Å²) in [4.78, 5) is 0. The fourth-order valence-corrected chi connectivity index (χ4v) is 3.69. The van der Waals surface area contributed by atoms with Gasteiger partial charge in [-0.2, -0.15) is 0 Å². The first-order valence-electron chi connectivity index (χ1n) is 9.33. The molecule has 3 aromatic carbocycles. The molecule has 0 fully saturated rings. The van der Waals surface area contributed by atoms with Gasteiger partial charge in [0.25, 0.3) is 10.0 Å². The molecule has 30 heavy (non-hydrogen) atoms. The summed E-state index contributed by atoms with van der Waals surface area (Å²) in [6.07, 6.45) is 1.48. The zero-order valence-corrected chi connectivity index (χ0v) is 19.0. The summed E-state index contributed by atoms with van der Waals surface area (Å²) < 4.78 is 32.8. The smallest absolute Gasteiger partial charge is 0.255 e. The quantitative estimate of drug-likeness (QED) is 0.409. The molecule has 0 saturated heterocycles. The van der Waals surface area contributed by atoms with E-state index in [9.17, 15) is 8.42 Å². The molecule has 3 rings (SSSR count). The van der Waals surface area contributed by atoms with Gasteiger partial charge >= 0.3 is 0 Å². The maximum atomic E-state index is 12.3. The molecule has 4 nitrogen and oxygen atoms in total. The van der Waals surface area contributed by atoms with Crippen LogP contribution in [-0.2, 0) is 16.6 Å². The number of rotatable bonds is 7. The predicted molar refractivity (Wildman–Crippen MR) is 127 cm³/mol. The van der Waals surface area contributed by atoms with Crippen LogP contribution in [0, 0.1) is 0 Å². The Morgan fingerprint density at radius 2 is 1.57 bits per heavy atom. The predicted octanol–water partition coefficient (Wildman–Crippen LogP) is 7.01. The van der Waals surface area contributed by atoms with Gasteiger partial charge in [0.2, 0.25) is 0 Å². The van der Waals surface area contributed by atoms with E-state index in [2.05, 4.69) is 4.72 Å². The molecule has 0 radical (unpaired) electrons. The first-order chi connectivity index (χ1) is 14.4. The van der Waals surface area contributed by atoms with Crippen LogP contribution in [0.5, 0.6) is 5.75 Å². The summed E-state index contributed by atoms with van der Waals surface area (Å²) in [7, 11) is -3.68. The van der Waals surface area contributed by atoms with E-state index in [1.54, 1.807) is 54.6 Å². The van der Waals surface area contributed by atoms with Gasteiger partial charge in [-0.1, -0.05) is 67.4 Å². The van der Waals surface area contributed by atoms with Gasteiger partial charge in [0.15, 0.2) is 0 Å². The van der Waals surface area contributed by atoms with Crippen molar-refractivity contribution in [2.75, 3.05) is 4.72 Å². The first-order valence-corrected chi connectivity index (χ1v) is 11.6. The van der Waals surface area contributed by atoms with E-state index in [0.717, 1.165) is 11.0 Å². The number of benzene rings is 3. The minimum Gasteiger partial charge on any atom is -0.489 e. The largest absolute Gasteiger partial charge is 0.489 e. The summed E-state index contributed by atoms with van der Waals surface area (Å²) in [5.74, 6) is 0.541. The van der Waals surface area contributed by atoms with Gasteiger partial charge in [0.05, 0.1) is 11.1 Å². The summed E-state index contributed by atoms with van der Waals surface area (Å²) in [6, 6.07) is 21.0. The minimum atomic E-state index is -3.68. The Labute approximate surface area is 188 Å². The lowest BCUT2D eigenvalue weighted by Crippen LogP contribution is -2.08. The Bertz CT molecular complexity index is 1100. The van der Waals surface area contributed by atoms with Crippen LogP contribution in [0.4, 0.5) is 5.69 Å². The van der Waals surface area contributed by atoms with Crippen molar-refractivity contribution in [3.05, 3.63) is 99.4 Å². The van der Waals surface area contributed by atoms with Crippen LogP contribution in [0.1, 0.15) is 25.0 Å². The summed E-state index contributed by atoms with van der Waals surface area (Å²) >= 11 is 11.9. The molecule has 0 heterocycles. The van der Waals surface area contributed by atoms with Crippen molar-refractivity contribution < 1.29 is 13.2 Å². The summed E-state index contributed by atoms with van der Waals surface area (Å²) in [5.41, 5.74) is 2.01. The van der Waals surface area contributed by atoms with Crippen LogP contribution in [0.2, 0.25) is 10.0 Å². The van der Waals surface area contributed by atoms with Gasteiger partial charge in [0.1, 0.15) is 12.4 Å². The molecule has 0 amide bonds. The number of nitrogens with one attached hydrogen (secondary N) is 1. The maximum absolute atomic E-state index is 12.3. The van der Waals surface area contributed by atoms with Crippen molar-refractivity contribution in [1.29, 1.82) is 0 Å². The molecule has 7 heteroatoms. The van der Waals surface area contributed by atoms with E-state index in [1.165, 1.54) is 6.08 Å². The third kappa shape index (κ3) is 8.11. The lowest BCUT2D eigenvalue weighted by atomic mass is 10.2. The van der Waals surface area contributed by atoms with Gasteiger partial charge in [-0.3, -0.25) is 4.72 Å². The number of ether oxygens (including phenoxy) is 1. The van der Waals surface area contributed by atoms with Crippen molar-refractivity contribution in [1.82, 2.24) is 0 Å². The lowest BCUT2D eigenvalue weighted by Gasteiger charge is -2.09. The number of sulfonamides is 1. The van der Waals surface area contributed by atoms with E-state index < -0.39 is 10.0 Å². The topological polar surface area (TPSA) is 55.4 Å². The zero-order valence-electron chi connectivity index (χ0n) is 16.7. The normalized spacial score (nSPS) is 10.9. The molecule has 3 aromatic rings. The van der Waals surface area contributed by atoms with Gasteiger partial charge in [-0.15, -0.1) is 0 Å². The zero-order chi connectivity index (χ0) is 22.0. The van der Waals surface area contributed by atoms with Gasteiger partial charge in [-0.05, 0) is 53.6 Å². The van der Waals surface area contributed by atoms with Crippen LogP contribution < -0.4 is 9.46 Å². The number of halogens is 2. The average Bonchev–Trinajstić information content (AvgIpc) is 2.73. The molecule has 0 aromatic heterocycles. The Kier molecular flexibility index (Phi) is 9.24. The van der Waals surface area contributed by atoms with Crippen LogP contribution >= 0.6 is 23.2 Å². The summed E-state index contributed by atoms with van der Waals surface area (Å²) in [6.45, 7) is 4.32.